The summed E-state index contributed by atoms with van der Waals surface area (Å²) in [6.45, 7) is -0.362. The highest BCUT2D eigenvalue weighted by Gasteiger charge is 2.36. The molecule has 3 aromatic carbocycles. The summed E-state index contributed by atoms with van der Waals surface area (Å²) in [6.07, 6.45) is 1.56. The van der Waals surface area contributed by atoms with E-state index in [0.29, 0.717) is 31.5 Å². The number of halogens is 4. The molecule has 1 N–H and O–H groups in total. The van der Waals surface area contributed by atoms with E-state index in [1.807, 2.05) is 0 Å². The van der Waals surface area contributed by atoms with Crippen LogP contribution in [0.5, 0.6) is 5.75 Å². The summed E-state index contributed by atoms with van der Waals surface area (Å²) in [5, 5.41) is 2.14. The van der Waals surface area contributed by atoms with Crippen LogP contribution >= 0.6 is 59.6 Å². The van der Waals surface area contributed by atoms with Crippen LogP contribution in [-0.4, -0.2) is 28.5 Å². The molecule has 1 heterocycles. The fraction of sp³-hybridized carbons (Fsp3) is 0.0800. The number of ether oxygens (including phenoxy) is 1. The predicted molar refractivity (Wildman–Crippen MR) is 148 cm³/mol. The Hall–Kier alpha value is -2.47. The molecular weight excluding hydrogens is 683 g/mol. The maximum absolute atomic E-state index is 13.9. The van der Waals surface area contributed by atoms with E-state index in [2.05, 4.69) is 53.1 Å². The Labute approximate surface area is 235 Å². The van der Waals surface area contributed by atoms with Crippen molar-refractivity contribution in [2.45, 2.75) is 6.61 Å². The number of anilines is 1. The number of thioether (sulfide) groups is 1. The van der Waals surface area contributed by atoms with Gasteiger partial charge in [-0.1, -0.05) is 34.1 Å². The molecule has 3 aromatic rings. The first-order valence-electron chi connectivity index (χ1n) is 10.4. The molecule has 11 heteroatoms. The van der Waals surface area contributed by atoms with E-state index in [-0.39, 0.29) is 17.3 Å². The maximum atomic E-state index is 13.9. The van der Waals surface area contributed by atoms with Gasteiger partial charge in [-0.25, -0.2) is 4.39 Å². The topological polar surface area (TPSA) is 75.7 Å². The Morgan fingerprint density at radius 1 is 1.03 bits per heavy atom. The number of hydrogen-bond donors (Lipinski definition) is 1. The minimum Gasteiger partial charge on any atom is -0.486 e. The molecule has 0 radical (unpaired) electrons. The zero-order chi connectivity index (χ0) is 25.8. The zero-order valence-electron chi connectivity index (χ0n) is 18.3. The minimum atomic E-state index is -0.553. The number of imide groups is 1. The Bertz CT molecular complexity index is 1360. The van der Waals surface area contributed by atoms with Gasteiger partial charge in [0, 0.05) is 15.7 Å². The Balaban J connectivity index is 1.44. The van der Waals surface area contributed by atoms with Gasteiger partial charge in [0.05, 0.1) is 13.9 Å². The monoisotopic (exact) mass is 696 g/mol. The van der Waals surface area contributed by atoms with Crippen LogP contribution in [0.1, 0.15) is 11.1 Å². The van der Waals surface area contributed by atoms with E-state index in [1.165, 1.54) is 6.07 Å². The quantitative estimate of drug-likeness (QED) is 0.261. The lowest BCUT2D eigenvalue weighted by Gasteiger charge is -2.13. The Kier molecular flexibility index (Phi) is 8.66. The normalized spacial score (nSPS) is 14.4. The molecular formula is C25H16Br3FN2O4S. The van der Waals surface area contributed by atoms with Crippen LogP contribution < -0.4 is 10.1 Å². The average Bonchev–Trinajstić information content (AvgIpc) is 3.08. The lowest BCUT2D eigenvalue weighted by Crippen LogP contribution is -2.36. The molecule has 1 aliphatic rings. The van der Waals surface area contributed by atoms with Gasteiger partial charge in [0.15, 0.2) is 0 Å². The van der Waals surface area contributed by atoms with E-state index in [1.54, 1.807) is 60.7 Å². The van der Waals surface area contributed by atoms with Gasteiger partial charge in [0.1, 0.15) is 24.7 Å². The second kappa shape index (κ2) is 11.7. The zero-order valence-corrected chi connectivity index (χ0v) is 23.8. The number of carbonyl (C=O) groups excluding carboxylic acids is 3. The third kappa shape index (κ3) is 6.44. The van der Waals surface area contributed by atoms with Gasteiger partial charge < -0.3 is 10.1 Å². The van der Waals surface area contributed by atoms with Crippen LogP contribution in [0.2, 0.25) is 0 Å². The predicted octanol–water partition coefficient (Wildman–Crippen LogP) is 7.37. The third-order valence-electron chi connectivity index (χ3n) is 4.95. The van der Waals surface area contributed by atoms with Crippen LogP contribution in [0.25, 0.3) is 6.08 Å². The highest BCUT2D eigenvalue weighted by Crippen LogP contribution is 2.38. The molecule has 6 nitrogen and oxygen atoms in total. The molecule has 0 aliphatic carbocycles. The lowest BCUT2D eigenvalue weighted by molar-refractivity contribution is -0.127. The van der Waals surface area contributed by atoms with Crippen molar-refractivity contribution in [1.29, 1.82) is 0 Å². The second-order valence-electron chi connectivity index (χ2n) is 7.52. The standard InChI is InChI=1S/C25H16Br3FN2O4S/c26-16-5-7-17(8-6-16)30-22(32)12-31-24(33)21(36-25(31)34)11-14-9-18(27)23(19(28)10-14)35-13-15-3-1-2-4-20(15)29/h1-11H,12-13H2,(H,30,32)/b21-11+. The van der Waals surface area contributed by atoms with Crippen molar-refractivity contribution < 1.29 is 23.5 Å². The first kappa shape index (κ1) is 26.6. The van der Waals surface area contributed by atoms with Crippen LogP contribution in [-0.2, 0) is 16.2 Å². The summed E-state index contributed by atoms with van der Waals surface area (Å²) in [6, 6.07) is 16.7. The van der Waals surface area contributed by atoms with Crippen LogP contribution in [0, 0.1) is 5.82 Å². The van der Waals surface area contributed by atoms with Gasteiger partial charge in [0.25, 0.3) is 11.1 Å². The Morgan fingerprint density at radius 3 is 2.36 bits per heavy atom. The molecule has 0 aromatic heterocycles. The van der Waals surface area contributed by atoms with Crippen molar-refractivity contribution in [3.8, 4) is 5.75 Å². The number of hydrogen-bond acceptors (Lipinski definition) is 5. The van der Waals surface area contributed by atoms with E-state index in [0.717, 1.165) is 21.1 Å². The van der Waals surface area contributed by atoms with Crippen molar-refractivity contribution >= 4 is 88.4 Å². The van der Waals surface area contributed by atoms with Crippen LogP contribution in [0.4, 0.5) is 14.9 Å². The second-order valence-corrected chi connectivity index (χ2v) is 11.1. The summed E-state index contributed by atoms with van der Waals surface area (Å²) in [5.41, 5.74) is 1.59. The first-order chi connectivity index (χ1) is 17.2. The molecule has 1 fully saturated rings. The molecule has 0 saturated carbocycles. The number of carbonyl (C=O) groups is 3. The molecule has 0 atom stereocenters. The van der Waals surface area contributed by atoms with E-state index < -0.39 is 23.6 Å². The van der Waals surface area contributed by atoms with Gasteiger partial charge in [-0.15, -0.1) is 0 Å². The summed E-state index contributed by atoms with van der Waals surface area (Å²) < 4.78 is 21.7. The largest absolute Gasteiger partial charge is 0.486 e. The van der Waals surface area contributed by atoms with Gasteiger partial charge in [0.2, 0.25) is 5.91 Å². The minimum absolute atomic E-state index is 0.0322. The van der Waals surface area contributed by atoms with Gasteiger partial charge >= 0.3 is 0 Å². The summed E-state index contributed by atoms with van der Waals surface area (Å²) in [5.74, 6) is -0.929. The molecule has 4 rings (SSSR count). The summed E-state index contributed by atoms with van der Waals surface area (Å²) in [7, 11) is 0. The number of amides is 3. The molecule has 1 aliphatic heterocycles. The molecule has 36 heavy (non-hydrogen) atoms. The average molecular weight is 699 g/mol. The summed E-state index contributed by atoms with van der Waals surface area (Å²) >= 11 is 11.0. The molecule has 0 unspecified atom stereocenters. The SMILES string of the molecule is O=C(CN1C(=O)S/C(=C/c2cc(Br)c(OCc3ccccc3F)c(Br)c2)C1=O)Nc1ccc(Br)cc1. The molecule has 1 saturated heterocycles. The lowest BCUT2D eigenvalue weighted by atomic mass is 10.2. The van der Waals surface area contributed by atoms with E-state index in [9.17, 15) is 18.8 Å². The molecule has 0 spiro atoms. The fourth-order valence-corrected chi connectivity index (χ4v) is 5.78. The van der Waals surface area contributed by atoms with E-state index >= 15 is 0 Å². The highest BCUT2D eigenvalue weighted by atomic mass is 79.9. The smallest absolute Gasteiger partial charge is 0.294 e. The van der Waals surface area contributed by atoms with Crippen molar-refractivity contribution in [2.75, 3.05) is 11.9 Å². The van der Waals surface area contributed by atoms with Gasteiger partial charge in [-0.05, 0) is 97.7 Å². The van der Waals surface area contributed by atoms with Crippen molar-refractivity contribution in [3.05, 3.63) is 95.9 Å². The van der Waals surface area contributed by atoms with Crippen molar-refractivity contribution in [2.24, 2.45) is 0 Å². The maximum Gasteiger partial charge on any atom is 0.294 e. The van der Waals surface area contributed by atoms with Gasteiger partial charge in [-0.2, -0.15) is 0 Å². The highest BCUT2D eigenvalue weighted by molar-refractivity contribution is 9.11. The first-order valence-corrected chi connectivity index (χ1v) is 13.6. The van der Waals surface area contributed by atoms with Crippen molar-refractivity contribution in [3.63, 3.8) is 0 Å². The van der Waals surface area contributed by atoms with E-state index in [4.69, 9.17) is 4.74 Å². The number of nitrogens with one attached hydrogen (secondary N) is 1. The van der Waals surface area contributed by atoms with Crippen LogP contribution in [0.3, 0.4) is 0 Å². The summed E-state index contributed by atoms with van der Waals surface area (Å²) in [4.78, 5) is 38.7. The van der Waals surface area contributed by atoms with Gasteiger partial charge in [-0.3, -0.25) is 19.3 Å². The molecule has 184 valence electrons. The number of rotatable bonds is 7. The van der Waals surface area contributed by atoms with Crippen LogP contribution in [0.15, 0.2) is 79.0 Å². The number of benzene rings is 3. The van der Waals surface area contributed by atoms with Crippen molar-refractivity contribution in [1.82, 2.24) is 4.90 Å². The molecule has 3 amide bonds. The third-order valence-corrected chi connectivity index (χ3v) is 7.57. The fourth-order valence-electron chi connectivity index (χ4n) is 3.23. The Morgan fingerprint density at radius 2 is 1.69 bits per heavy atom. The number of nitrogens with zero attached hydrogens (tertiary/aromatic N) is 1. The molecule has 0 bridgehead atoms.